The number of nitriles is 1. The van der Waals surface area contributed by atoms with E-state index in [1.54, 1.807) is 4.40 Å². The molecule has 2 aromatic carbocycles. The normalized spacial score (nSPS) is 11.1. The molecule has 0 fully saturated rings. The highest BCUT2D eigenvalue weighted by Gasteiger charge is 2.18. The minimum Gasteiger partial charge on any atom is -0.321 e. The van der Waals surface area contributed by atoms with Crippen molar-refractivity contribution in [3.8, 4) is 6.07 Å². The maximum atomic E-state index is 14.0. The predicted molar refractivity (Wildman–Crippen MR) is 83.1 cm³/mol. The number of hydrogen-bond donors (Lipinski definition) is 0. The molecule has 0 unspecified atom stereocenters. The van der Waals surface area contributed by atoms with Crippen molar-refractivity contribution in [1.29, 1.82) is 5.26 Å². The highest BCUT2D eigenvalue weighted by molar-refractivity contribution is 5.83. The van der Waals surface area contributed by atoms with E-state index in [0.29, 0.717) is 12.2 Å². The molecule has 0 bridgehead atoms. The number of fused-ring (bicyclic) bond motifs is 3. The molecule has 106 valence electrons. The average molecular weight is 289 g/mol. The van der Waals surface area contributed by atoms with Gasteiger partial charge in [0.1, 0.15) is 11.7 Å². The second-order valence-electron chi connectivity index (χ2n) is 5.21. The van der Waals surface area contributed by atoms with Gasteiger partial charge in [-0.2, -0.15) is 5.26 Å². The summed E-state index contributed by atoms with van der Waals surface area (Å²) in [7, 11) is 0. The van der Waals surface area contributed by atoms with Gasteiger partial charge in [0.05, 0.1) is 11.0 Å². The van der Waals surface area contributed by atoms with Gasteiger partial charge >= 0.3 is 0 Å². The first-order valence-electron chi connectivity index (χ1n) is 7.02. The molecule has 0 spiro atoms. The number of halogens is 1. The van der Waals surface area contributed by atoms with Crippen molar-refractivity contribution in [3.63, 3.8) is 0 Å². The molecule has 0 aliphatic carbocycles. The van der Waals surface area contributed by atoms with Gasteiger partial charge in [-0.25, -0.2) is 4.39 Å². The number of para-hydroxylation sites is 2. The summed E-state index contributed by atoms with van der Waals surface area (Å²) in [5.74, 6) is -0.481. The number of benzene rings is 2. The molecule has 0 aliphatic heterocycles. The number of hydrogen-bond acceptors (Lipinski definition) is 1. The van der Waals surface area contributed by atoms with E-state index in [0.717, 1.165) is 16.6 Å². The molecule has 2 aromatic heterocycles. The quantitative estimate of drug-likeness (QED) is 0.550. The second-order valence-corrected chi connectivity index (χ2v) is 5.21. The van der Waals surface area contributed by atoms with Gasteiger partial charge in [0, 0.05) is 12.6 Å². The molecule has 4 rings (SSSR count). The number of nitrogens with zero attached hydrogens (tertiary/aromatic N) is 3. The molecule has 0 saturated heterocycles. The third-order valence-corrected chi connectivity index (χ3v) is 3.91. The molecule has 22 heavy (non-hydrogen) atoms. The summed E-state index contributed by atoms with van der Waals surface area (Å²) in [6.07, 6.45) is 0. The fourth-order valence-corrected chi connectivity index (χ4v) is 2.95. The Bertz CT molecular complexity index is 1020. The summed E-state index contributed by atoms with van der Waals surface area (Å²) in [4.78, 5) is 0. The summed E-state index contributed by atoms with van der Waals surface area (Å²) < 4.78 is 17.8. The maximum Gasteiger partial charge on any atom is 0.162 e. The molecule has 0 saturated carbocycles. The Balaban J connectivity index is 2.05. The van der Waals surface area contributed by atoms with Crippen molar-refractivity contribution in [2.45, 2.75) is 6.54 Å². The van der Waals surface area contributed by atoms with E-state index in [1.165, 1.54) is 6.07 Å². The zero-order chi connectivity index (χ0) is 15.1. The first kappa shape index (κ1) is 12.7. The highest BCUT2D eigenvalue weighted by atomic mass is 19.1. The van der Waals surface area contributed by atoms with Crippen LogP contribution in [0.25, 0.3) is 16.7 Å². The SMILES string of the molecule is N#Cc1c(F)cc2n(Cc3ccccc3)c3ccccc3n12. The molecular weight excluding hydrogens is 277 g/mol. The van der Waals surface area contributed by atoms with Crippen LogP contribution in [-0.2, 0) is 6.54 Å². The summed E-state index contributed by atoms with van der Waals surface area (Å²) in [6, 6.07) is 21.2. The molecule has 2 heterocycles. The fourth-order valence-electron chi connectivity index (χ4n) is 2.95. The van der Waals surface area contributed by atoms with Crippen molar-refractivity contribution in [2.75, 3.05) is 0 Å². The zero-order valence-electron chi connectivity index (χ0n) is 11.7. The molecule has 0 amide bonds. The molecule has 3 nitrogen and oxygen atoms in total. The van der Waals surface area contributed by atoms with Gasteiger partial charge in [0.25, 0.3) is 0 Å². The Morgan fingerprint density at radius 2 is 1.64 bits per heavy atom. The third-order valence-electron chi connectivity index (χ3n) is 3.91. The van der Waals surface area contributed by atoms with Crippen molar-refractivity contribution in [3.05, 3.63) is 77.7 Å². The zero-order valence-corrected chi connectivity index (χ0v) is 11.7. The molecule has 4 heteroatoms. The third kappa shape index (κ3) is 1.73. The number of aromatic nitrogens is 2. The van der Waals surface area contributed by atoms with Gasteiger partial charge < -0.3 is 4.57 Å². The van der Waals surface area contributed by atoms with Gasteiger partial charge in [-0.15, -0.1) is 0 Å². The van der Waals surface area contributed by atoms with Crippen LogP contribution in [0.4, 0.5) is 4.39 Å². The minimum atomic E-state index is -0.481. The Kier molecular flexibility index (Phi) is 2.73. The summed E-state index contributed by atoms with van der Waals surface area (Å²) in [6.45, 7) is 0.631. The van der Waals surface area contributed by atoms with Gasteiger partial charge in [0.2, 0.25) is 0 Å². The van der Waals surface area contributed by atoms with E-state index in [4.69, 9.17) is 0 Å². The lowest BCUT2D eigenvalue weighted by molar-refractivity contribution is 0.624. The molecule has 4 aromatic rings. The number of imidazole rings is 1. The highest BCUT2D eigenvalue weighted by Crippen LogP contribution is 2.26. The van der Waals surface area contributed by atoms with Crippen LogP contribution in [0.5, 0.6) is 0 Å². The number of rotatable bonds is 2. The van der Waals surface area contributed by atoms with E-state index in [1.807, 2.05) is 65.2 Å². The Morgan fingerprint density at radius 1 is 0.955 bits per heavy atom. The van der Waals surface area contributed by atoms with Crippen molar-refractivity contribution >= 4 is 16.7 Å². The van der Waals surface area contributed by atoms with Crippen LogP contribution in [0.2, 0.25) is 0 Å². The smallest absolute Gasteiger partial charge is 0.162 e. The van der Waals surface area contributed by atoms with Crippen LogP contribution in [0, 0.1) is 17.1 Å². The van der Waals surface area contributed by atoms with Crippen LogP contribution in [0.3, 0.4) is 0 Å². The Morgan fingerprint density at radius 3 is 2.36 bits per heavy atom. The van der Waals surface area contributed by atoms with E-state index >= 15 is 0 Å². The van der Waals surface area contributed by atoms with Gasteiger partial charge in [0.15, 0.2) is 11.5 Å². The fraction of sp³-hybridized carbons (Fsp3) is 0.0556. The standard InChI is InChI=1S/C18H12FN3/c19-14-10-18-21(12-13-6-2-1-3-7-13)15-8-4-5-9-16(15)22(18)17(14)11-20/h1-10H,12H2. The molecule has 0 radical (unpaired) electrons. The topological polar surface area (TPSA) is 33.1 Å². The van der Waals surface area contributed by atoms with Crippen molar-refractivity contribution < 1.29 is 4.39 Å². The lowest BCUT2D eigenvalue weighted by atomic mass is 10.2. The summed E-state index contributed by atoms with van der Waals surface area (Å²) in [5.41, 5.74) is 3.70. The molecular formula is C18H12FN3. The van der Waals surface area contributed by atoms with E-state index in [2.05, 4.69) is 0 Å². The van der Waals surface area contributed by atoms with Crippen molar-refractivity contribution in [1.82, 2.24) is 8.97 Å². The van der Waals surface area contributed by atoms with Gasteiger partial charge in [-0.05, 0) is 17.7 Å². The first-order valence-corrected chi connectivity index (χ1v) is 7.02. The largest absolute Gasteiger partial charge is 0.321 e. The molecule has 0 atom stereocenters. The van der Waals surface area contributed by atoms with E-state index in [-0.39, 0.29) is 5.69 Å². The monoisotopic (exact) mass is 289 g/mol. The van der Waals surface area contributed by atoms with Crippen molar-refractivity contribution in [2.24, 2.45) is 0 Å². The van der Waals surface area contributed by atoms with Gasteiger partial charge in [-0.3, -0.25) is 4.40 Å². The predicted octanol–water partition coefficient (Wildman–Crippen LogP) is 3.95. The lowest BCUT2D eigenvalue weighted by Gasteiger charge is -2.05. The minimum absolute atomic E-state index is 0.0537. The van der Waals surface area contributed by atoms with E-state index in [9.17, 15) is 9.65 Å². The van der Waals surface area contributed by atoms with Crippen LogP contribution in [0.1, 0.15) is 11.3 Å². The second kappa shape index (κ2) is 4.74. The first-order chi connectivity index (χ1) is 10.8. The van der Waals surface area contributed by atoms with E-state index < -0.39 is 5.82 Å². The van der Waals surface area contributed by atoms with Crippen LogP contribution < -0.4 is 0 Å². The average Bonchev–Trinajstić information content (AvgIpc) is 3.03. The van der Waals surface area contributed by atoms with Crippen LogP contribution in [-0.4, -0.2) is 8.97 Å². The molecule has 0 N–H and O–H groups in total. The van der Waals surface area contributed by atoms with Crippen LogP contribution >= 0.6 is 0 Å². The Hall–Kier alpha value is -3.06. The Labute approximate surface area is 126 Å². The lowest BCUT2D eigenvalue weighted by Crippen LogP contribution is -1.99. The van der Waals surface area contributed by atoms with Gasteiger partial charge in [-0.1, -0.05) is 42.5 Å². The van der Waals surface area contributed by atoms with Crippen LogP contribution in [0.15, 0.2) is 60.7 Å². The summed E-state index contributed by atoms with van der Waals surface area (Å²) >= 11 is 0. The molecule has 0 aliphatic rings. The summed E-state index contributed by atoms with van der Waals surface area (Å²) in [5, 5.41) is 9.24. The maximum absolute atomic E-state index is 14.0.